The Bertz CT molecular complexity index is 487. The van der Waals surface area contributed by atoms with Crippen molar-refractivity contribution in [3.8, 4) is 0 Å². The molecule has 1 fully saturated rings. The maximum Gasteiger partial charge on any atom is 0.215 e. The molecule has 5 heteroatoms. The number of rotatable bonds is 5. The highest BCUT2D eigenvalue weighted by molar-refractivity contribution is 7.88. The van der Waals surface area contributed by atoms with Crippen molar-refractivity contribution in [3.05, 3.63) is 35.9 Å². The van der Waals surface area contributed by atoms with Crippen LogP contribution in [-0.4, -0.2) is 21.0 Å². The van der Waals surface area contributed by atoms with Gasteiger partial charge in [0.1, 0.15) is 0 Å². The first-order valence-electron chi connectivity index (χ1n) is 6.84. The van der Waals surface area contributed by atoms with Crippen molar-refractivity contribution < 1.29 is 8.42 Å². The molecule has 0 saturated heterocycles. The maximum atomic E-state index is 12.0. The van der Waals surface area contributed by atoms with Crippen molar-refractivity contribution >= 4 is 10.0 Å². The Morgan fingerprint density at radius 3 is 2.53 bits per heavy atom. The van der Waals surface area contributed by atoms with Crippen LogP contribution < -0.4 is 10.5 Å². The van der Waals surface area contributed by atoms with E-state index < -0.39 is 10.0 Å². The summed E-state index contributed by atoms with van der Waals surface area (Å²) in [7, 11) is -3.26. The lowest BCUT2D eigenvalue weighted by atomic mass is 9.85. The number of nitrogens with two attached hydrogens (primary N) is 1. The van der Waals surface area contributed by atoms with Crippen LogP contribution in [0.15, 0.2) is 30.3 Å². The Labute approximate surface area is 115 Å². The molecule has 0 bridgehead atoms. The summed E-state index contributed by atoms with van der Waals surface area (Å²) in [6, 6.07) is 9.36. The van der Waals surface area contributed by atoms with E-state index in [9.17, 15) is 8.42 Å². The fourth-order valence-electron chi connectivity index (χ4n) is 2.57. The quantitative estimate of drug-likeness (QED) is 0.862. The van der Waals surface area contributed by atoms with E-state index in [-0.39, 0.29) is 17.7 Å². The molecule has 106 valence electrons. The second-order valence-corrected chi connectivity index (χ2v) is 7.11. The number of benzene rings is 1. The Kier molecular flexibility index (Phi) is 4.96. The van der Waals surface area contributed by atoms with E-state index in [0.717, 1.165) is 31.2 Å². The summed E-state index contributed by atoms with van der Waals surface area (Å²) in [5, 5.41) is 0. The maximum absolute atomic E-state index is 12.0. The smallest absolute Gasteiger partial charge is 0.215 e. The lowest BCUT2D eigenvalue weighted by Gasteiger charge is -2.28. The molecule has 1 aromatic carbocycles. The molecule has 0 amide bonds. The number of nitrogens with one attached hydrogen (secondary N) is 1. The van der Waals surface area contributed by atoms with Gasteiger partial charge in [0.2, 0.25) is 10.0 Å². The third-order valence-electron chi connectivity index (χ3n) is 3.73. The van der Waals surface area contributed by atoms with Gasteiger partial charge in [-0.05, 0) is 24.3 Å². The summed E-state index contributed by atoms with van der Waals surface area (Å²) in [4.78, 5) is 0. The van der Waals surface area contributed by atoms with Crippen LogP contribution in [0.25, 0.3) is 0 Å². The molecule has 19 heavy (non-hydrogen) atoms. The van der Waals surface area contributed by atoms with Crippen molar-refractivity contribution in [2.24, 2.45) is 11.7 Å². The van der Waals surface area contributed by atoms with E-state index in [0.29, 0.717) is 6.54 Å². The Morgan fingerprint density at radius 2 is 1.84 bits per heavy atom. The second kappa shape index (κ2) is 6.50. The average Bonchev–Trinajstić information content (AvgIpc) is 2.38. The first-order chi connectivity index (χ1) is 9.07. The molecule has 1 aliphatic carbocycles. The van der Waals surface area contributed by atoms with E-state index in [1.54, 1.807) is 0 Å². The minimum atomic E-state index is -3.26. The Balaban J connectivity index is 1.87. The third kappa shape index (κ3) is 4.60. The van der Waals surface area contributed by atoms with E-state index in [1.165, 1.54) is 0 Å². The van der Waals surface area contributed by atoms with Crippen LogP contribution in [0.3, 0.4) is 0 Å². The highest BCUT2D eigenvalue weighted by atomic mass is 32.2. The molecule has 2 atom stereocenters. The molecule has 0 radical (unpaired) electrons. The van der Waals surface area contributed by atoms with Gasteiger partial charge in [-0.2, -0.15) is 0 Å². The van der Waals surface area contributed by atoms with Crippen LogP contribution in [0.4, 0.5) is 0 Å². The van der Waals surface area contributed by atoms with Crippen LogP contribution in [0.2, 0.25) is 0 Å². The highest BCUT2D eigenvalue weighted by Gasteiger charge is 2.23. The van der Waals surface area contributed by atoms with Gasteiger partial charge in [0.25, 0.3) is 0 Å². The third-order valence-corrected chi connectivity index (χ3v) is 5.05. The predicted molar refractivity (Wildman–Crippen MR) is 77.0 cm³/mol. The zero-order chi connectivity index (χ0) is 13.7. The molecule has 1 saturated carbocycles. The minimum Gasteiger partial charge on any atom is -0.327 e. The molecule has 2 unspecified atom stereocenters. The van der Waals surface area contributed by atoms with Gasteiger partial charge in [-0.3, -0.25) is 0 Å². The van der Waals surface area contributed by atoms with Gasteiger partial charge in [0.05, 0.1) is 5.75 Å². The van der Waals surface area contributed by atoms with Crippen LogP contribution in [0, 0.1) is 5.92 Å². The molecule has 4 nitrogen and oxygen atoms in total. The molecule has 0 aliphatic heterocycles. The molecule has 1 aromatic rings. The highest BCUT2D eigenvalue weighted by Crippen LogP contribution is 2.22. The van der Waals surface area contributed by atoms with E-state index in [2.05, 4.69) is 4.72 Å². The van der Waals surface area contributed by atoms with Crippen molar-refractivity contribution in [3.63, 3.8) is 0 Å². The van der Waals surface area contributed by atoms with E-state index in [4.69, 9.17) is 5.73 Å². The van der Waals surface area contributed by atoms with Crippen LogP contribution in [0.5, 0.6) is 0 Å². The number of hydrogen-bond acceptors (Lipinski definition) is 3. The molecular formula is C14H22N2O2S. The molecule has 2 rings (SSSR count). The van der Waals surface area contributed by atoms with Gasteiger partial charge in [-0.1, -0.05) is 43.2 Å². The monoisotopic (exact) mass is 282 g/mol. The van der Waals surface area contributed by atoms with Crippen molar-refractivity contribution in [1.29, 1.82) is 0 Å². The summed E-state index contributed by atoms with van der Waals surface area (Å²) in [5.41, 5.74) is 6.83. The van der Waals surface area contributed by atoms with E-state index in [1.807, 2.05) is 30.3 Å². The lowest BCUT2D eigenvalue weighted by Crippen LogP contribution is -2.41. The van der Waals surface area contributed by atoms with Gasteiger partial charge in [-0.15, -0.1) is 0 Å². The summed E-state index contributed by atoms with van der Waals surface area (Å²) in [6.07, 6.45) is 4.34. The first kappa shape index (κ1) is 14.5. The van der Waals surface area contributed by atoms with E-state index >= 15 is 0 Å². The van der Waals surface area contributed by atoms with Crippen molar-refractivity contribution in [2.75, 3.05) is 6.54 Å². The summed E-state index contributed by atoms with van der Waals surface area (Å²) in [6.45, 7) is 0.469. The zero-order valence-electron chi connectivity index (χ0n) is 11.1. The molecule has 0 aromatic heterocycles. The lowest BCUT2D eigenvalue weighted by molar-refractivity contribution is 0.308. The topological polar surface area (TPSA) is 72.2 Å². The van der Waals surface area contributed by atoms with Crippen LogP contribution in [0.1, 0.15) is 31.2 Å². The van der Waals surface area contributed by atoms with Crippen LogP contribution in [-0.2, 0) is 15.8 Å². The second-order valence-electron chi connectivity index (χ2n) is 5.30. The Morgan fingerprint density at radius 1 is 1.16 bits per heavy atom. The van der Waals surface area contributed by atoms with Gasteiger partial charge in [-0.25, -0.2) is 13.1 Å². The largest absolute Gasteiger partial charge is 0.327 e. The van der Waals surface area contributed by atoms with Gasteiger partial charge in [0, 0.05) is 12.6 Å². The average molecular weight is 282 g/mol. The fourth-order valence-corrected chi connectivity index (χ4v) is 3.77. The summed E-state index contributed by atoms with van der Waals surface area (Å²) >= 11 is 0. The fraction of sp³-hybridized carbons (Fsp3) is 0.571. The van der Waals surface area contributed by atoms with Gasteiger partial charge >= 0.3 is 0 Å². The standard InChI is InChI=1S/C14H22N2O2S/c15-14-9-5-4-8-13(14)10-16-19(17,18)11-12-6-2-1-3-7-12/h1-3,6-7,13-14,16H,4-5,8-11,15H2. The number of hydrogen-bond donors (Lipinski definition) is 2. The molecule has 3 N–H and O–H groups in total. The normalized spacial score (nSPS) is 24.3. The molecule has 0 spiro atoms. The Hall–Kier alpha value is -0.910. The minimum absolute atomic E-state index is 0.0375. The summed E-state index contributed by atoms with van der Waals surface area (Å²) < 4.78 is 26.7. The van der Waals surface area contributed by atoms with Gasteiger partial charge in [0.15, 0.2) is 0 Å². The first-order valence-corrected chi connectivity index (χ1v) is 8.49. The molecule has 0 heterocycles. The van der Waals surface area contributed by atoms with Crippen molar-refractivity contribution in [2.45, 2.75) is 37.5 Å². The molecule has 1 aliphatic rings. The predicted octanol–water partition coefficient (Wildman–Crippen LogP) is 1.62. The van der Waals surface area contributed by atoms with Crippen molar-refractivity contribution in [1.82, 2.24) is 4.72 Å². The molecular weight excluding hydrogens is 260 g/mol. The zero-order valence-corrected chi connectivity index (χ0v) is 11.9. The summed E-state index contributed by atoms with van der Waals surface area (Å²) in [5.74, 6) is 0.315. The van der Waals surface area contributed by atoms with Crippen LogP contribution >= 0.6 is 0 Å². The number of sulfonamides is 1. The SMILES string of the molecule is NC1CCCCC1CNS(=O)(=O)Cc1ccccc1. The van der Waals surface area contributed by atoms with Gasteiger partial charge < -0.3 is 5.73 Å².